The third kappa shape index (κ3) is 2.20. The minimum atomic E-state index is -0.213. The van der Waals surface area contributed by atoms with E-state index in [1.54, 1.807) is 6.92 Å². The van der Waals surface area contributed by atoms with E-state index in [-0.39, 0.29) is 11.4 Å². The average molecular weight is 260 g/mol. The van der Waals surface area contributed by atoms with E-state index in [0.717, 1.165) is 37.2 Å². The highest BCUT2D eigenvalue weighted by molar-refractivity contribution is 7.08. The lowest BCUT2D eigenvalue weighted by atomic mass is 10.0. The highest BCUT2D eigenvalue weighted by Gasteiger charge is 2.35. The fourth-order valence-corrected chi connectivity index (χ4v) is 2.97. The fraction of sp³-hybridized carbons (Fsp3) is 0.700. The molecule has 6 heteroatoms. The molecular weight excluding hydrogens is 246 g/mol. The van der Waals surface area contributed by atoms with Crippen LogP contribution in [0.3, 0.4) is 0 Å². The van der Waals surface area contributed by atoms with E-state index in [9.17, 15) is 4.79 Å². The van der Waals surface area contributed by atoms with Crippen molar-refractivity contribution in [2.24, 2.45) is 0 Å². The summed E-state index contributed by atoms with van der Waals surface area (Å²) in [6, 6.07) is 0. The van der Waals surface area contributed by atoms with Crippen molar-refractivity contribution < 1.29 is 4.79 Å². The normalized spacial score (nSPS) is 18.6. The molecule has 1 aromatic heterocycles. The Balaban J connectivity index is 2.09. The molecule has 1 heterocycles. The van der Waals surface area contributed by atoms with E-state index in [2.05, 4.69) is 14.9 Å². The van der Waals surface area contributed by atoms with Crippen molar-refractivity contribution in [1.82, 2.24) is 14.9 Å². The largest absolute Gasteiger partial charge is 0.345 e. The van der Waals surface area contributed by atoms with E-state index < -0.39 is 0 Å². The summed E-state index contributed by atoms with van der Waals surface area (Å²) in [5, 5.41) is 6.88. The van der Waals surface area contributed by atoms with Gasteiger partial charge in [0.1, 0.15) is 4.88 Å². The number of halogens is 1. The van der Waals surface area contributed by atoms with Crippen LogP contribution in [0.4, 0.5) is 0 Å². The number of alkyl halides is 1. The number of aromatic nitrogens is 2. The van der Waals surface area contributed by atoms with Gasteiger partial charge in [0.2, 0.25) is 0 Å². The maximum atomic E-state index is 12.0. The maximum absolute atomic E-state index is 12.0. The van der Waals surface area contributed by atoms with E-state index in [4.69, 9.17) is 11.6 Å². The fourth-order valence-electron chi connectivity index (χ4n) is 2.08. The molecule has 0 unspecified atom stereocenters. The van der Waals surface area contributed by atoms with Crippen molar-refractivity contribution in [2.75, 3.05) is 5.88 Å². The molecule has 88 valence electrons. The van der Waals surface area contributed by atoms with Crippen LogP contribution in [0.2, 0.25) is 0 Å². The van der Waals surface area contributed by atoms with Gasteiger partial charge in [-0.1, -0.05) is 17.3 Å². The molecular formula is C10H14ClN3OS. The summed E-state index contributed by atoms with van der Waals surface area (Å²) in [6.07, 6.45) is 4.20. The van der Waals surface area contributed by atoms with Crippen molar-refractivity contribution in [3.63, 3.8) is 0 Å². The minimum Gasteiger partial charge on any atom is -0.345 e. The monoisotopic (exact) mass is 259 g/mol. The molecule has 0 spiro atoms. The number of nitrogens with zero attached hydrogens (tertiary/aromatic N) is 2. The molecule has 0 bridgehead atoms. The number of carbonyl (C=O) groups is 1. The first-order valence-electron chi connectivity index (χ1n) is 5.34. The van der Waals surface area contributed by atoms with Gasteiger partial charge in [-0.25, -0.2) is 0 Å². The third-order valence-electron chi connectivity index (χ3n) is 3.05. The number of aryl methyl sites for hydroxylation is 1. The molecule has 0 atom stereocenters. The number of hydrogen-bond donors (Lipinski definition) is 1. The standard InChI is InChI=1S/C10H14ClN3OS/c1-7-8(16-14-13-7)9(15)12-10(6-11)4-2-3-5-10/h2-6H2,1H3,(H,12,15). The summed E-state index contributed by atoms with van der Waals surface area (Å²) in [7, 11) is 0. The third-order valence-corrected chi connectivity index (χ3v) is 4.39. The molecule has 0 radical (unpaired) electrons. The lowest BCUT2D eigenvalue weighted by Crippen LogP contribution is -2.47. The Labute approximate surface area is 104 Å². The Morgan fingerprint density at radius 3 is 2.75 bits per heavy atom. The Hall–Kier alpha value is -0.680. The number of rotatable bonds is 3. The predicted octanol–water partition coefficient (Wildman–Crippen LogP) is 2.13. The number of carbonyl (C=O) groups excluding carboxylic acids is 1. The topological polar surface area (TPSA) is 54.9 Å². The summed E-state index contributed by atoms with van der Waals surface area (Å²) in [5.41, 5.74) is 0.472. The number of nitrogens with one attached hydrogen (secondary N) is 1. The van der Waals surface area contributed by atoms with Gasteiger partial charge in [0.15, 0.2) is 0 Å². The summed E-state index contributed by atoms with van der Waals surface area (Å²) < 4.78 is 3.76. The highest BCUT2D eigenvalue weighted by atomic mass is 35.5. The van der Waals surface area contributed by atoms with Gasteiger partial charge in [0.05, 0.1) is 11.2 Å². The van der Waals surface area contributed by atoms with Crippen molar-refractivity contribution in [1.29, 1.82) is 0 Å². The van der Waals surface area contributed by atoms with Gasteiger partial charge in [-0.05, 0) is 31.3 Å². The zero-order chi connectivity index (χ0) is 11.6. The maximum Gasteiger partial charge on any atom is 0.265 e. The van der Waals surface area contributed by atoms with Crippen molar-refractivity contribution in [2.45, 2.75) is 38.1 Å². The SMILES string of the molecule is Cc1nnsc1C(=O)NC1(CCl)CCCC1. The first kappa shape index (κ1) is 11.8. The molecule has 0 aromatic carbocycles. The second-order valence-corrected chi connectivity index (χ2v) is 5.28. The average Bonchev–Trinajstić information content (AvgIpc) is 2.87. The first-order chi connectivity index (χ1) is 7.67. The van der Waals surface area contributed by atoms with Crippen molar-refractivity contribution >= 4 is 29.0 Å². The summed E-state index contributed by atoms with van der Waals surface area (Å²) in [5.74, 6) is 0.388. The lowest BCUT2D eigenvalue weighted by molar-refractivity contribution is 0.0913. The second kappa shape index (κ2) is 4.67. The summed E-state index contributed by atoms with van der Waals surface area (Å²) in [6.45, 7) is 1.79. The van der Waals surface area contributed by atoms with Gasteiger partial charge < -0.3 is 5.32 Å². The van der Waals surface area contributed by atoms with Crippen molar-refractivity contribution in [3.05, 3.63) is 10.6 Å². The highest BCUT2D eigenvalue weighted by Crippen LogP contribution is 2.31. The van der Waals surface area contributed by atoms with E-state index in [0.29, 0.717) is 16.5 Å². The van der Waals surface area contributed by atoms with Crippen LogP contribution in [0.5, 0.6) is 0 Å². The summed E-state index contributed by atoms with van der Waals surface area (Å²) in [4.78, 5) is 12.6. The van der Waals surface area contributed by atoms with E-state index in [1.807, 2.05) is 0 Å². The van der Waals surface area contributed by atoms with Gasteiger partial charge >= 0.3 is 0 Å². The molecule has 1 aromatic rings. The van der Waals surface area contributed by atoms with Crippen LogP contribution in [0.25, 0.3) is 0 Å². The zero-order valence-corrected chi connectivity index (χ0v) is 10.7. The first-order valence-corrected chi connectivity index (χ1v) is 6.65. The van der Waals surface area contributed by atoms with Crippen LogP contribution < -0.4 is 5.32 Å². The second-order valence-electron chi connectivity index (χ2n) is 4.26. The lowest BCUT2D eigenvalue weighted by Gasteiger charge is -2.27. The molecule has 16 heavy (non-hydrogen) atoms. The van der Waals surface area contributed by atoms with Gasteiger partial charge in [0.25, 0.3) is 5.91 Å². The predicted molar refractivity (Wildman–Crippen MR) is 64.0 cm³/mol. The number of hydrogen-bond acceptors (Lipinski definition) is 4. The van der Waals surface area contributed by atoms with Gasteiger partial charge in [-0.15, -0.1) is 16.7 Å². The molecule has 4 nitrogen and oxygen atoms in total. The smallest absolute Gasteiger partial charge is 0.265 e. The van der Waals surface area contributed by atoms with Crippen LogP contribution in [-0.2, 0) is 0 Å². The number of amides is 1. The molecule has 1 amide bonds. The molecule has 1 fully saturated rings. The molecule has 1 aliphatic rings. The van der Waals surface area contributed by atoms with Crippen LogP contribution in [0, 0.1) is 6.92 Å². The Kier molecular flexibility index (Phi) is 3.44. The Morgan fingerprint density at radius 1 is 1.56 bits per heavy atom. The molecule has 2 rings (SSSR count). The zero-order valence-electron chi connectivity index (χ0n) is 9.12. The van der Waals surface area contributed by atoms with Gasteiger partial charge in [-0.3, -0.25) is 4.79 Å². The minimum absolute atomic E-state index is 0.0879. The Bertz CT molecular complexity index is 387. The van der Waals surface area contributed by atoms with Crippen LogP contribution in [0.1, 0.15) is 41.0 Å². The molecule has 0 aliphatic heterocycles. The van der Waals surface area contributed by atoms with E-state index >= 15 is 0 Å². The molecule has 1 saturated carbocycles. The molecule has 0 saturated heterocycles. The van der Waals surface area contributed by atoms with Gasteiger partial charge in [0, 0.05) is 5.88 Å². The van der Waals surface area contributed by atoms with Crippen LogP contribution >= 0.6 is 23.1 Å². The quantitative estimate of drug-likeness (QED) is 0.846. The van der Waals surface area contributed by atoms with E-state index in [1.165, 1.54) is 0 Å². The van der Waals surface area contributed by atoms with Gasteiger partial charge in [-0.2, -0.15) is 0 Å². The summed E-state index contributed by atoms with van der Waals surface area (Å²) >= 11 is 7.10. The van der Waals surface area contributed by atoms with Crippen molar-refractivity contribution in [3.8, 4) is 0 Å². The molecule has 1 N–H and O–H groups in total. The van der Waals surface area contributed by atoms with Crippen LogP contribution in [0.15, 0.2) is 0 Å². The Morgan fingerprint density at radius 2 is 2.25 bits per heavy atom. The molecule has 1 aliphatic carbocycles. The van der Waals surface area contributed by atoms with Crippen LogP contribution in [-0.4, -0.2) is 26.9 Å².